The molecule has 0 aliphatic heterocycles. The molecule has 0 aromatic heterocycles. The first-order valence-electron chi connectivity index (χ1n) is 5.54. The molecule has 0 heterocycles. The minimum Gasteiger partial charge on any atom is -0.481 e. The first-order chi connectivity index (χ1) is 8.63. The summed E-state index contributed by atoms with van der Waals surface area (Å²) >= 11 is 0. The number of nitriles is 1. The van der Waals surface area contributed by atoms with Crippen LogP contribution in [0.2, 0.25) is 0 Å². The lowest BCUT2D eigenvalue weighted by Gasteiger charge is -2.19. The third kappa shape index (κ3) is 4.66. The molecular formula is C13H14N2O3. The monoisotopic (exact) mass is 246 g/mol. The summed E-state index contributed by atoms with van der Waals surface area (Å²) in [7, 11) is 0. The van der Waals surface area contributed by atoms with Crippen LogP contribution in [0.15, 0.2) is 30.3 Å². The van der Waals surface area contributed by atoms with E-state index in [1.807, 2.05) is 36.4 Å². The van der Waals surface area contributed by atoms with E-state index in [1.165, 1.54) is 4.90 Å². The van der Waals surface area contributed by atoms with Gasteiger partial charge in [-0.25, -0.2) is 0 Å². The van der Waals surface area contributed by atoms with Gasteiger partial charge in [0.15, 0.2) is 0 Å². The Bertz CT molecular complexity index is 451. The Morgan fingerprint density at radius 1 is 1.22 bits per heavy atom. The second kappa shape index (κ2) is 7.07. The molecule has 18 heavy (non-hydrogen) atoms. The number of carbonyl (C=O) groups excluding carboxylic acids is 1. The van der Waals surface area contributed by atoms with Crippen molar-refractivity contribution in [3.63, 3.8) is 0 Å². The Morgan fingerprint density at radius 3 is 2.44 bits per heavy atom. The summed E-state index contributed by atoms with van der Waals surface area (Å²) in [5.41, 5.74) is 0.913. The van der Waals surface area contributed by atoms with Crippen LogP contribution in [0.5, 0.6) is 0 Å². The van der Waals surface area contributed by atoms with Gasteiger partial charge in [0.1, 0.15) is 6.54 Å². The van der Waals surface area contributed by atoms with E-state index in [2.05, 4.69) is 0 Å². The molecule has 0 fully saturated rings. The van der Waals surface area contributed by atoms with Gasteiger partial charge in [0.25, 0.3) is 0 Å². The highest BCUT2D eigenvalue weighted by atomic mass is 16.4. The van der Waals surface area contributed by atoms with Crippen molar-refractivity contribution in [2.24, 2.45) is 0 Å². The minimum atomic E-state index is -1.01. The SMILES string of the molecule is N#CCN(Cc1ccccc1)C(=O)CCC(=O)O. The topological polar surface area (TPSA) is 81.4 Å². The summed E-state index contributed by atoms with van der Waals surface area (Å²) in [6.07, 6.45) is -0.292. The standard InChI is InChI=1S/C13H14N2O3/c14-8-9-15(12(16)6-7-13(17)18)10-11-4-2-1-3-5-11/h1-5H,6-7,9-10H2,(H,17,18). The summed E-state index contributed by atoms with van der Waals surface area (Å²) in [5.74, 6) is -1.33. The number of carboxylic acid groups (broad SMARTS) is 1. The molecule has 0 aliphatic carbocycles. The van der Waals surface area contributed by atoms with Gasteiger partial charge in [0.05, 0.1) is 12.5 Å². The van der Waals surface area contributed by atoms with Crippen molar-refractivity contribution in [1.82, 2.24) is 4.90 Å². The number of aliphatic carboxylic acids is 1. The van der Waals surface area contributed by atoms with Crippen molar-refractivity contribution in [2.75, 3.05) is 6.54 Å². The molecule has 0 bridgehead atoms. The molecule has 0 saturated carbocycles. The van der Waals surface area contributed by atoms with E-state index in [9.17, 15) is 9.59 Å². The molecule has 1 aromatic rings. The maximum absolute atomic E-state index is 11.8. The lowest BCUT2D eigenvalue weighted by Crippen LogP contribution is -2.31. The van der Waals surface area contributed by atoms with Gasteiger partial charge >= 0.3 is 5.97 Å². The molecule has 5 nitrogen and oxygen atoms in total. The molecule has 1 amide bonds. The molecule has 0 spiro atoms. The van der Waals surface area contributed by atoms with Crippen molar-refractivity contribution < 1.29 is 14.7 Å². The summed E-state index contributed by atoms with van der Waals surface area (Å²) in [6, 6.07) is 11.2. The molecule has 0 unspecified atom stereocenters. The average Bonchev–Trinajstić information content (AvgIpc) is 2.36. The number of amides is 1. The molecule has 0 aliphatic rings. The molecule has 5 heteroatoms. The van der Waals surface area contributed by atoms with Crippen LogP contribution in [0.25, 0.3) is 0 Å². The van der Waals surface area contributed by atoms with Gasteiger partial charge < -0.3 is 10.0 Å². The number of carbonyl (C=O) groups is 2. The normalized spacial score (nSPS) is 9.50. The first-order valence-corrected chi connectivity index (χ1v) is 5.54. The van der Waals surface area contributed by atoms with Crippen LogP contribution in [-0.4, -0.2) is 28.4 Å². The third-order valence-corrected chi connectivity index (χ3v) is 2.38. The Kier molecular flexibility index (Phi) is 5.39. The van der Waals surface area contributed by atoms with Crippen LogP contribution in [0.1, 0.15) is 18.4 Å². The predicted molar refractivity (Wildman–Crippen MR) is 64.3 cm³/mol. The summed E-state index contributed by atoms with van der Waals surface area (Å²) in [6.45, 7) is 0.292. The van der Waals surface area contributed by atoms with Gasteiger partial charge in [-0.05, 0) is 5.56 Å². The Balaban J connectivity index is 2.62. The zero-order chi connectivity index (χ0) is 13.4. The maximum atomic E-state index is 11.8. The average molecular weight is 246 g/mol. The highest BCUT2D eigenvalue weighted by Crippen LogP contribution is 2.06. The Morgan fingerprint density at radius 2 is 1.89 bits per heavy atom. The van der Waals surface area contributed by atoms with Gasteiger partial charge in [-0.3, -0.25) is 9.59 Å². The second-order valence-corrected chi connectivity index (χ2v) is 3.79. The smallest absolute Gasteiger partial charge is 0.303 e. The largest absolute Gasteiger partial charge is 0.481 e. The fourth-order valence-electron chi connectivity index (χ4n) is 1.49. The Labute approximate surface area is 105 Å². The van der Waals surface area contributed by atoms with Crippen molar-refractivity contribution >= 4 is 11.9 Å². The zero-order valence-corrected chi connectivity index (χ0v) is 9.87. The van der Waals surface area contributed by atoms with Crippen LogP contribution >= 0.6 is 0 Å². The van der Waals surface area contributed by atoms with Crippen LogP contribution in [0, 0.1) is 11.3 Å². The van der Waals surface area contributed by atoms with Crippen LogP contribution < -0.4 is 0 Å². The van der Waals surface area contributed by atoms with Crippen LogP contribution in [-0.2, 0) is 16.1 Å². The quantitative estimate of drug-likeness (QED) is 0.769. The highest BCUT2D eigenvalue weighted by Gasteiger charge is 2.14. The summed E-state index contributed by atoms with van der Waals surface area (Å²) in [5, 5.41) is 17.2. The summed E-state index contributed by atoms with van der Waals surface area (Å²) < 4.78 is 0. The van der Waals surface area contributed by atoms with Crippen LogP contribution in [0.4, 0.5) is 0 Å². The zero-order valence-electron chi connectivity index (χ0n) is 9.87. The number of hydrogen-bond donors (Lipinski definition) is 1. The third-order valence-electron chi connectivity index (χ3n) is 2.38. The predicted octanol–water partition coefficient (Wildman–Crippen LogP) is 1.40. The summed E-state index contributed by atoms with van der Waals surface area (Å²) in [4.78, 5) is 23.5. The molecule has 1 rings (SSSR count). The lowest BCUT2D eigenvalue weighted by atomic mass is 10.2. The molecule has 0 radical (unpaired) electrons. The van der Waals surface area contributed by atoms with Crippen LogP contribution in [0.3, 0.4) is 0 Å². The van der Waals surface area contributed by atoms with Crippen molar-refractivity contribution in [3.05, 3.63) is 35.9 Å². The van der Waals surface area contributed by atoms with Gasteiger partial charge in [0.2, 0.25) is 5.91 Å². The van der Waals surface area contributed by atoms with Gasteiger partial charge in [-0.2, -0.15) is 5.26 Å². The molecule has 0 saturated heterocycles. The fraction of sp³-hybridized carbons (Fsp3) is 0.308. The van der Waals surface area contributed by atoms with E-state index in [0.717, 1.165) is 5.56 Å². The van der Waals surface area contributed by atoms with E-state index in [-0.39, 0.29) is 25.3 Å². The molecule has 1 aromatic carbocycles. The number of nitrogens with zero attached hydrogens (tertiary/aromatic N) is 2. The fourth-order valence-corrected chi connectivity index (χ4v) is 1.49. The van der Waals surface area contributed by atoms with E-state index < -0.39 is 5.97 Å². The van der Waals surface area contributed by atoms with E-state index >= 15 is 0 Å². The molecule has 94 valence electrons. The molecule has 1 N–H and O–H groups in total. The lowest BCUT2D eigenvalue weighted by molar-refractivity contribution is -0.140. The number of carboxylic acids is 1. The van der Waals surface area contributed by atoms with E-state index in [4.69, 9.17) is 10.4 Å². The van der Waals surface area contributed by atoms with Crippen molar-refractivity contribution in [2.45, 2.75) is 19.4 Å². The number of rotatable bonds is 6. The van der Waals surface area contributed by atoms with Gasteiger partial charge in [0, 0.05) is 13.0 Å². The van der Waals surface area contributed by atoms with E-state index in [1.54, 1.807) is 0 Å². The van der Waals surface area contributed by atoms with E-state index in [0.29, 0.717) is 6.54 Å². The number of benzene rings is 1. The maximum Gasteiger partial charge on any atom is 0.303 e. The second-order valence-electron chi connectivity index (χ2n) is 3.79. The number of hydrogen-bond acceptors (Lipinski definition) is 3. The van der Waals surface area contributed by atoms with Gasteiger partial charge in [-0.15, -0.1) is 0 Å². The first kappa shape index (κ1) is 13.7. The molecular weight excluding hydrogens is 232 g/mol. The van der Waals surface area contributed by atoms with Crippen molar-refractivity contribution in [3.8, 4) is 6.07 Å². The minimum absolute atomic E-state index is 0.0344. The van der Waals surface area contributed by atoms with Gasteiger partial charge in [-0.1, -0.05) is 30.3 Å². The Hall–Kier alpha value is -2.35. The molecule has 0 atom stereocenters. The van der Waals surface area contributed by atoms with Crippen molar-refractivity contribution in [1.29, 1.82) is 5.26 Å². The highest BCUT2D eigenvalue weighted by molar-refractivity contribution is 5.80.